The zero-order chi connectivity index (χ0) is 13.9. The molecule has 0 radical (unpaired) electrons. The Morgan fingerprint density at radius 3 is 2.39 bits per heavy atom. The summed E-state index contributed by atoms with van der Waals surface area (Å²) >= 11 is 0. The Morgan fingerprint density at radius 2 is 1.89 bits per heavy atom. The third-order valence-corrected chi connectivity index (χ3v) is 1.76. The molecule has 3 amide bonds. The maximum Gasteiger partial charge on any atom is 0.330 e. The zero-order valence-corrected chi connectivity index (χ0v) is 8.57. The van der Waals surface area contributed by atoms with Crippen molar-refractivity contribution < 1.29 is 23.3 Å². The average Bonchev–Trinajstić information content (AvgIpc) is 2.28. The largest absolute Gasteiger partial charge is 0.350 e. The summed E-state index contributed by atoms with van der Waals surface area (Å²) in [4.78, 5) is 30.8. The number of hydrogen-bond donors (Lipinski definition) is 3. The lowest BCUT2D eigenvalue weighted by Gasteiger charge is -2.06. The Morgan fingerprint density at radius 1 is 1.28 bits per heavy atom. The topological polar surface area (TPSA) is 127 Å². The molecular weight excluding hydrogens is 254 g/mol. The molecule has 96 valence electrons. The monoisotopic (exact) mass is 260 g/mol. The summed E-state index contributed by atoms with van der Waals surface area (Å²) in [7, 11) is 0. The molecule has 0 aromatic heterocycles. The van der Waals surface area contributed by atoms with E-state index in [2.05, 4.69) is 5.73 Å². The van der Waals surface area contributed by atoms with Crippen molar-refractivity contribution in [1.82, 2.24) is 10.9 Å². The summed E-state index contributed by atoms with van der Waals surface area (Å²) in [6, 6.07) is -0.372. The first kappa shape index (κ1) is 13.3. The van der Waals surface area contributed by atoms with Gasteiger partial charge >= 0.3 is 11.7 Å². The minimum Gasteiger partial charge on any atom is -0.350 e. The normalized spacial score (nSPS) is 9.67. The van der Waals surface area contributed by atoms with E-state index in [0.29, 0.717) is 12.1 Å². The fourth-order valence-corrected chi connectivity index (χ4v) is 1.06. The fourth-order valence-electron chi connectivity index (χ4n) is 1.06. The highest BCUT2D eigenvalue weighted by molar-refractivity contribution is 5.96. The second kappa shape index (κ2) is 5.03. The zero-order valence-electron chi connectivity index (χ0n) is 8.57. The number of urea groups is 1. The summed E-state index contributed by atoms with van der Waals surface area (Å²) in [5.74, 6) is -3.98. The Hall–Kier alpha value is -2.78. The Labute approximate surface area is 97.9 Å². The first-order valence-electron chi connectivity index (χ1n) is 4.32. The second-order valence-corrected chi connectivity index (χ2v) is 2.99. The van der Waals surface area contributed by atoms with Crippen LogP contribution in [0.15, 0.2) is 12.1 Å². The van der Waals surface area contributed by atoms with Crippen LogP contribution in [0.1, 0.15) is 10.4 Å². The molecule has 0 saturated carbocycles. The van der Waals surface area contributed by atoms with Gasteiger partial charge < -0.3 is 5.73 Å². The number of halogens is 2. The Bertz CT molecular complexity index is 534. The predicted octanol–water partition coefficient (Wildman–Crippen LogP) is 0.186. The van der Waals surface area contributed by atoms with Gasteiger partial charge in [-0.2, -0.15) is 4.39 Å². The summed E-state index contributed by atoms with van der Waals surface area (Å²) in [6.45, 7) is 0. The lowest BCUT2D eigenvalue weighted by molar-refractivity contribution is -0.387. The van der Waals surface area contributed by atoms with E-state index in [1.165, 1.54) is 0 Å². The van der Waals surface area contributed by atoms with E-state index in [9.17, 15) is 28.5 Å². The van der Waals surface area contributed by atoms with E-state index in [1.807, 2.05) is 0 Å². The third-order valence-electron chi connectivity index (χ3n) is 1.76. The molecule has 0 fully saturated rings. The molecule has 0 aliphatic carbocycles. The SMILES string of the molecule is NC(=O)NNC(=O)c1cc(F)cc([N+](=O)[O-])c1F. The van der Waals surface area contributed by atoms with Crippen molar-refractivity contribution in [3.8, 4) is 0 Å². The summed E-state index contributed by atoms with van der Waals surface area (Å²) in [5, 5.41) is 10.4. The molecule has 0 aliphatic heterocycles. The maximum atomic E-state index is 13.5. The smallest absolute Gasteiger partial charge is 0.330 e. The molecule has 18 heavy (non-hydrogen) atoms. The van der Waals surface area contributed by atoms with Crippen LogP contribution >= 0.6 is 0 Å². The molecule has 0 spiro atoms. The van der Waals surface area contributed by atoms with E-state index in [1.54, 1.807) is 10.9 Å². The molecule has 0 heterocycles. The standard InChI is InChI=1S/C8H6F2N4O4/c9-3-1-4(7(15)12-13-8(11)16)6(10)5(2-3)14(17)18/h1-2H,(H,12,15)(H3,11,13,16). The minimum absolute atomic E-state index is 0.327. The van der Waals surface area contributed by atoms with E-state index >= 15 is 0 Å². The van der Waals surface area contributed by atoms with Gasteiger partial charge in [-0.15, -0.1) is 0 Å². The summed E-state index contributed by atoms with van der Waals surface area (Å²) in [5.41, 5.74) is 5.75. The number of amides is 3. The van der Waals surface area contributed by atoms with Gasteiger partial charge in [0.2, 0.25) is 5.82 Å². The fraction of sp³-hybridized carbons (Fsp3) is 0. The molecule has 1 rings (SSSR count). The van der Waals surface area contributed by atoms with Crippen molar-refractivity contribution in [2.24, 2.45) is 5.73 Å². The van der Waals surface area contributed by atoms with Crippen LogP contribution in [0.25, 0.3) is 0 Å². The molecule has 0 aliphatic rings. The van der Waals surface area contributed by atoms with Crippen molar-refractivity contribution in [3.63, 3.8) is 0 Å². The molecule has 0 atom stereocenters. The number of nitro groups is 1. The van der Waals surface area contributed by atoms with Gasteiger partial charge in [-0.25, -0.2) is 14.6 Å². The Balaban J connectivity index is 3.12. The van der Waals surface area contributed by atoms with Crippen LogP contribution in [0.5, 0.6) is 0 Å². The van der Waals surface area contributed by atoms with Crippen LogP contribution in [-0.4, -0.2) is 16.9 Å². The molecule has 1 aromatic rings. The van der Waals surface area contributed by atoms with Crippen LogP contribution in [0, 0.1) is 21.7 Å². The molecule has 10 heteroatoms. The van der Waals surface area contributed by atoms with Gasteiger partial charge in [-0.3, -0.25) is 20.3 Å². The first-order chi connectivity index (χ1) is 8.32. The highest BCUT2D eigenvalue weighted by atomic mass is 19.1. The van der Waals surface area contributed by atoms with E-state index in [4.69, 9.17) is 0 Å². The lowest BCUT2D eigenvalue weighted by Crippen LogP contribution is -2.44. The van der Waals surface area contributed by atoms with Crippen molar-refractivity contribution in [3.05, 3.63) is 39.4 Å². The lowest BCUT2D eigenvalue weighted by atomic mass is 10.1. The molecule has 8 nitrogen and oxygen atoms in total. The third kappa shape index (κ3) is 2.87. The van der Waals surface area contributed by atoms with Gasteiger partial charge in [0.15, 0.2) is 0 Å². The number of primary amides is 1. The minimum atomic E-state index is -1.52. The number of nitro benzene ring substituents is 1. The average molecular weight is 260 g/mol. The predicted molar refractivity (Wildman–Crippen MR) is 53.2 cm³/mol. The van der Waals surface area contributed by atoms with Crippen molar-refractivity contribution >= 4 is 17.6 Å². The van der Waals surface area contributed by atoms with Crippen LogP contribution in [0.3, 0.4) is 0 Å². The second-order valence-electron chi connectivity index (χ2n) is 2.99. The molecule has 4 N–H and O–H groups in total. The van der Waals surface area contributed by atoms with Gasteiger partial charge in [0.05, 0.1) is 16.6 Å². The number of nitrogens with one attached hydrogen (secondary N) is 2. The van der Waals surface area contributed by atoms with Gasteiger partial charge in [0, 0.05) is 0 Å². The molecule has 0 unspecified atom stereocenters. The van der Waals surface area contributed by atoms with Crippen LogP contribution in [0.2, 0.25) is 0 Å². The Kier molecular flexibility index (Phi) is 3.72. The highest BCUT2D eigenvalue weighted by Crippen LogP contribution is 2.22. The first-order valence-corrected chi connectivity index (χ1v) is 4.32. The quantitative estimate of drug-likeness (QED) is 0.517. The molecule has 1 aromatic carbocycles. The van der Waals surface area contributed by atoms with Crippen LogP contribution in [0.4, 0.5) is 19.3 Å². The number of hydrogen-bond acceptors (Lipinski definition) is 4. The van der Waals surface area contributed by atoms with E-state index in [-0.39, 0.29) is 0 Å². The van der Waals surface area contributed by atoms with Crippen LogP contribution in [-0.2, 0) is 0 Å². The summed E-state index contributed by atoms with van der Waals surface area (Å²) in [6.07, 6.45) is 0. The molecule has 0 saturated heterocycles. The number of carbonyl (C=O) groups is 2. The molecular formula is C8H6F2N4O4. The van der Waals surface area contributed by atoms with Gasteiger partial charge in [0.25, 0.3) is 5.91 Å². The van der Waals surface area contributed by atoms with Crippen LogP contribution < -0.4 is 16.6 Å². The van der Waals surface area contributed by atoms with Gasteiger partial charge in [-0.05, 0) is 6.07 Å². The number of nitrogens with two attached hydrogens (primary N) is 1. The van der Waals surface area contributed by atoms with Gasteiger partial charge in [-0.1, -0.05) is 0 Å². The summed E-state index contributed by atoms with van der Waals surface area (Å²) < 4.78 is 26.4. The van der Waals surface area contributed by atoms with Crippen molar-refractivity contribution in [2.75, 3.05) is 0 Å². The van der Waals surface area contributed by atoms with E-state index in [0.717, 1.165) is 0 Å². The van der Waals surface area contributed by atoms with E-state index < -0.39 is 39.7 Å². The number of nitrogens with zero attached hydrogens (tertiary/aromatic N) is 1. The highest BCUT2D eigenvalue weighted by Gasteiger charge is 2.24. The number of hydrazine groups is 1. The molecule has 0 bridgehead atoms. The number of rotatable bonds is 2. The maximum absolute atomic E-state index is 13.5. The number of carbonyl (C=O) groups excluding carboxylic acids is 2. The number of benzene rings is 1. The van der Waals surface area contributed by atoms with Crippen molar-refractivity contribution in [1.29, 1.82) is 0 Å². The van der Waals surface area contributed by atoms with Crippen molar-refractivity contribution in [2.45, 2.75) is 0 Å². The van der Waals surface area contributed by atoms with Gasteiger partial charge in [0.1, 0.15) is 5.82 Å².